The molecule has 124 valence electrons. The van der Waals surface area contributed by atoms with Gasteiger partial charge >= 0.3 is 12.0 Å². The van der Waals surface area contributed by atoms with E-state index in [9.17, 15) is 4.79 Å². The van der Waals surface area contributed by atoms with E-state index in [1.807, 2.05) is 24.3 Å². The second kappa shape index (κ2) is 8.82. The van der Waals surface area contributed by atoms with Gasteiger partial charge in [0, 0.05) is 12.6 Å². The van der Waals surface area contributed by atoms with Crippen molar-refractivity contribution >= 4 is 6.09 Å². The molecule has 0 fully saturated rings. The van der Waals surface area contributed by atoms with Gasteiger partial charge in [-0.2, -0.15) is 0 Å². The van der Waals surface area contributed by atoms with Crippen LogP contribution in [0.5, 0.6) is 11.7 Å². The number of nitrogens with zero attached hydrogens (tertiary/aromatic N) is 1. The van der Waals surface area contributed by atoms with Crippen molar-refractivity contribution in [3.63, 3.8) is 0 Å². The molecule has 0 saturated heterocycles. The van der Waals surface area contributed by atoms with Crippen LogP contribution in [0.25, 0.3) is 11.3 Å². The first-order chi connectivity index (χ1) is 11.2. The summed E-state index contributed by atoms with van der Waals surface area (Å²) in [5.74, 6) is 0.881. The zero-order valence-electron chi connectivity index (χ0n) is 13.5. The molecule has 0 saturated carbocycles. The Morgan fingerprint density at radius 1 is 1.22 bits per heavy atom. The average Bonchev–Trinajstić information content (AvgIpc) is 3.03. The number of hydrogen-bond donors (Lipinski definition) is 1. The summed E-state index contributed by atoms with van der Waals surface area (Å²) in [6.07, 6.45) is 4.13. The van der Waals surface area contributed by atoms with Gasteiger partial charge in [0.05, 0.1) is 12.7 Å². The Labute approximate surface area is 135 Å². The van der Waals surface area contributed by atoms with Crippen molar-refractivity contribution in [2.45, 2.75) is 32.6 Å². The van der Waals surface area contributed by atoms with E-state index in [0.29, 0.717) is 5.69 Å². The number of hydrogen-bond acceptors (Lipinski definition) is 5. The molecule has 2 rings (SSSR count). The summed E-state index contributed by atoms with van der Waals surface area (Å²) in [4.78, 5) is 11.1. The number of unbranched alkanes of at least 4 members (excludes halogenated alkanes) is 3. The molecule has 0 aliphatic carbocycles. The van der Waals surface area contributed by atoms with Gasteiger partial charge in [0.25, 0.3) is 0 Å². The van der Waals surface area contributed by atoms with Crippen molar-refractivity contribution in [3.05, 3.63) is 30.3 Å². The fourth-order valence-corrected chi connectivity index (χ4v) is 2.03. The molecule has 1 amide bonds. The van der Waals surface area contributed by atoms with Gasteiger partial charge in [-0.1, -0.05) is 31.3 Å². The number of ether oxygens (including phenoxy) is 2. The van der Waals surface area contributed by atoms with Crippen LogP contribution in [0, 0.1) is 0 Å². The number of aromatic nitrogens is 1. The van der Waals surface area contributed by atoms with Crippen LogP contribution in [0.4, 0.5) is 4.79 Å². The fourth-order valence-electron chi connectivity index (χ4n) is 2.03. The highest BCUT2D eigenvalue weighted by Crippen LogP contribution is 2.25. The summed E-state index contributed by atoms with van der Waals surface area (Å²) < 4.78 is 15.5. The van der Waals surface area contributed by atoms with E-state index in [1.54, 1.807) is 6.07 Å². The Morgan fingerprint density at radius 3 is 2.70 bits per heavy atom. The molecule has 0 unspecified atom stereocenters. The Bertz CT molecular complexity index is 607. The largest absolute Gasteiger partial charge is 0.494 e. The topological polar surface area (TPSA) is 73.6 Å². The maximum absolute atomic E-state index is 11.1. The van der Waals surface area contributed by atoms with Crippen LogP contribution >= 0.6 is 0 Å². The third-order valence-corrected chi connectivity index (χ3v) is 3.30. The molecule has 1 aromatic heterocycles. The summed E-state index contributed by atoms with van der Waals surface area (Å²) in [6.45, 7) is 2.92. The molecule has 6 nitrogen and oxygen atoms in total. The molecule has 0 radical (unpaired) electrons. The molecule has 1 N–H and O–H groups in total. The monoisotopic (exact) mass is 318 g/mol. The molecular formula is C17H22N2O4. The summed E-state index contributed by atoms with van der Waals surface area (Å²) in [5.41, 5.74) is 1.46. The number of carbonyl (C=O) groups excluding carboxylic acids is 1. The van der Waals surface area contributed by atoms with Crippen LogP contribution in [0.15, 0.2) is 34.9 Å². The standard InChI is InChI=1S/C17H22N2O4/c1-3-4-5-6-11-21-14-9-7-13(8-10-14)15-12-16(23-19-15)22-17(20)18-2/h7-10,12H,3-6,11H2,1-2H3,(H,18,20). The van der Waals surface area contributed by atoms with E-state index in [2.05, 4.69) is 17.4 Å². The van der Waals surface area contributed by atoms with Gasteiger partial charge in [-0.15, -0.1) is 0 Å². The predicted octanol–water partition coefficient (Wildman–Crippen LogP) is 4.02. The van der Waals surface area contributed by atoms with Gasteiger partial charge in [-0.05, 0) is 30.7 Å². The van der Waals surface area contributed by atoms with Crippen molar-refractivity contribution in [2.24, 2.45) is 0 Å². The second-order valence-corrected chi connectivity index (χ2v) is 5.10. The van der Waals surface area contributed by atoms with Gasteiger partial charge in [0.2, 0.25) is 0 Å². The lowest BCUT2D eigenvalue weighted by Crippen LogP contribution is -2.21. The molecule has 1 heterocycles. The van der Waals surface area contributed by atoms with Crippen LogP contribution < -0.4 is 14.8 Å². The molecule has 2 aromatic rings. The first kappa shape index (κ1) is 16.9. The highest BCUT2D eigenvalue weighted by molar-refractivity contribution is 5.70. The molecule has 0 aliphatic rings. The molecule has 6 heteroatoms. The van der Waals surface area contributed by atoms with E-state index in [1.165, 1.54) is 26.3 Å². The van der Waals surface area contributed by atoms with E-state index >= 15 is 0 Å². The Hall–Kier alpha value is -2.50. The fraction of sp³-hybridized carbons (Fsp3) is 0.412. The van der Waals surface area contributed by atoms with E-state index in [-0.39, 0.29) is 5.95 Å². The summed E-state index contributed by atoms with van der Waals surface area (Å²) in [5, 5.41) is 6.22. The maximum Gasteiger partial charge on any atom is 0.414 e. The zero-order chi connectivity index (χ0) is 16.5. The zero-order valence-corrected chi connectivity index (χ0v) is 13.5. The predicted molar refractivity (Wildman–Crippen MR) is 86.7 cm³/mol. The number of nitrogens with one attached hydrogen (secondary N) is 1. The molecule has 0 aliphatic heterocycles. The Balaban J connectivity index is 1.88. The van der Waals surface area contributed by atoms with Crippen molar-refractivity contribution in [3.8, 4) is 23.0 Å². The van der Waals surface area contributed by atoms with E-state index in [0.717, 1.165) is 24.3 Å². The van der Waals surface area contributed by atoms with Gasteiger partial charge in [-0.25, -0.2) is 4.79 Å². The van der Waals surface area contributed by atoms with Gasteiger partial charge in [-0.3, -0.25) is 0 Å². The summed E-state index contributed by atoms with van der Waals surface area (Å²) >= 11 is 0. The van der Waals surface area contributed by atoms with Gasteiger partial charge in [0.1, 0.15) is 11.4 Å². The van der Waals surface area contributed by atoms with Gasteiger partial charge < -0.3 is 19.3 Å². The minimum absolute atomic E-state index is 0.0515. The van der Waals surface area contributed by atoms with Crippen LogP contribution in [-0.2, 0) is 0 Å². The maximum atomic E-state index is 11.1. The van der Waals surface area contributed by atoms with Crippen LogP contribution in [0.1, 0.15) is 32.6 Å². The Morgan fingerprint density at radius 2 is 2.00 bits per heavy atom. The van der Waals surface area contributed by atoms with Crippen LogP contribution in [0.2, 0.25) is 0 Å². The second-order valence-electron chi connectivity index (χ2n) is 5.10. The summed E-state index contributed by atoms with van der Waals surface area (Å²) in [7, 11) is 1.47. The van der Waals surface area contributed by atoms with Crippen molar-refractivity contribution in [1.29, 1.82) is 0 Å². The molecule has 0 atom stereocenters. The highest BCUT2D eigenvalue weighted by atomic mass is 16.7. The molecule has 1 aromatic carbocycles. The highest BCUT2D eigenvalue weighted by Gasteiger charge is 2.10. The average molecular weight is 318 g/mol. The Kier molecular flexibility index (Phi) is 6.47. The molecule has 0 spiro atoms. The lowest BCUT2D eigenvalue weighted by atomic mass is 10.1. The van der Waals surface area contributed by atoms with Crippen molar-refractivity contribution in [1.82, 2.24) is 10.5 Å². The molecule has 0 bridgehead atoms. The number of carbonyl (C=O) groups is 1. The van der Waals surface area contributed by atoms with Crippen molar-refractivity contribution < 1.29 is 18.8 Å². The van der Waals surface area contributed by atoms with Gasteiger partial charge in [0.15, 0.2) is 0 Å². The molecular weight excluding hydrogens is 296 g/mol. The first-order valence-corrected chi connectivity index (χ1v) is 7.82. The number of benzene rings is 1. The quantitative estimate of drug-likeness (QED) is 0.744. The smallest absolute Gasteiger partial charge is 0.414 e. The van der Waals surface area contributed by atoms with Crippen LogP contribution in [0.3, 0.4) is 0 Å². The SMILES string of the molecule is CCCCCCOc1ccc(-c2cc(OC(=O)NC)on2)cc1. The van der Waals surface area contributed by atoms with E-state index in [4.69, 9.17) is 14.0 Å². The lowest BCUT2D eigenvalue weighted by Gasteiger charge is -2.06. The third-order valence-electron chi connectivity index (χ3n) is 3.30. The third kappa shape index (κ3) is 5.32. The van der Waals surface area contributed by atoms with Crippen molar-refractivity contribution in [2.75, 3.05) is 13.7 Å². The minimum Gasteiger partial charge on any atom is -0.494 e. The lowest BCUT2D eigenvalue weighted by molar-refractivity contribution is 0.183. The first-order valence-electron chi connectivity index (χ1n) is 7.82. The number of rotatable bonds is 8. The minimum atomic E-state index is -0.598. The van der Waals surface area contributed by atoms with E-state index < -0.39 is 6.09 Å². The number of amides is 1. The van der Waals surface area contributed by atoms with Crippen LogP contribution in [-0.4, -0.2) is 24.9 Å². The summed E-state index contributed by atoms with van der Waals surface area (Å²) in [6, 6.07) is 9.13. The molecule has 23 heavy (non-hydrogen) atoms. The normalized spacial score (nSPS) is 10.3.